The Labute approximate surface area is 158 Å². The van der Waals surface area contributed by atoms with Crippen LogP contribution in [0.2, 0.25) is 0 Å². The topological polar surface area (TPSA) is 76.1 Å². The molecular weight excluding hydrogens is 340 g/mol. The van der Waals surface area contributed by atoms with Crippen molar-refractivity contribution in [3.8, 4) is 5.75 Å². The molecular formula is C21H22N4O2. The standard InChI is InChI=1S/C21H22N4O2/c1-15(2)22-20-13-12-19(24-25-20)21(26)23-17-8-10-18(11-9-17)27-14-16-6-4-3-5-7-16/h3-13,15H,14H2,1-2H3,(H,22,25)(H,23,26). The third kappa shape index (κ3) is 5.54. The number of hydrogen-bond donors (Lipinski definition) is 2. The highest BCUT2D eigenvalue weighted by molar-refractivity contribution is 6.02. The number of hydrogen-bond acceptors (Lipinski definition) is 5. The molecule has 1 aromatic heterocycles. The number of nitrogens with one attached hydrogen (secondary N) is 2. The summed E-state index contributed by atoms with van der Waals surface area (Å²) in [7, 11) is 0. The molecule has 138 valence electrons. The van der Waals surface area contributed by atoms with Gasteiger partial charge in [-0.1, -0.05) is 30.3 Å². The molecule has 0 saturated carbocycles. The van der Waals surface area contributed by atoms with Gasteiger partial charge in [-0.05, 0) is 55.8 Å². The summed E-state index contributed by atoms with van der Waals surface area (Å²) in [5, 5.41) is 13.9. The molecule has 2 aromatic carbocycles. The summed E-state index contributed by atoms with van der Waals surface area (Å²) in [5.41, 5.74) is 2.02. The van der Waals surface area contributed by atoms with Crippen molar-refractivity contribution in [1.82, 2.24) is 10.2 Å². The second-order valence-corrected chi connectivity index (χ2v) is 6.36. The van der Waals surface area contributed by atoms with Gasteiger partial charge in [-0.3, -0.25) is 4.79 Å². The van der Waals surface area contributed by atoms with Gasteiger partial charge in [-0.15, -0.1) is 10.2 Å². The molecule has 0 aliphatic heterocycles. The van der Waals surface area contributed by atoms with Crippen molar-refractivity contribution in [2.75, 3.05) is 10.6 Å². The first-order valence-electron chi connectivity index (χ1n) is 8.78. The van der Waals surface area contributed by atoms with E-state index in [4.69, 9.17) is 4.74 Å². The summed E-state index contributed by atoms with van der Waals surface area (Å²) in [6.45, 7) is 4.52. The van der Waals surface area contributed by atoms with Gasteiger partial charge in [0.2, 0.25) is 0 Å². The number of ether oxygens (including phenoxy) is 1. The number of amides is 1. The predicted octanol–water partition coefficient (Wildman–Crippen LogP) is 4.13. The minimum atomic E-state index is -0.309. The number of aromatic nitrogens is 2. The molecule has 27 heavy (non-hydrogen) atoms. The second kappa shape index (κ2) is 8.80. The normalized spacial score (nSPS) is 10.5. The quantitative estimate of drug-likeness (QED) is 0.661. The van der Waals surface area contributed by atoms with E-state index < -0.39 is 0 Å². The van der Waals surface area contributed by atoms with E-state index in [1.807, 2.05) is 56.3 Å². The highest BCUT2D eigenvalue weighted by Crippen LogP contribution is 2.17. The molecule has 6 heteroatoms. The number of carbonyl (C=O) groups excluding carboxylic acids is 1. The Kier molecular flexibility index (Phi) is 5.99. The zero-order chi connectivity index (χ0) is 19.1. The maximum atomic E-state index is 12.3. The van der Waals surface area contributed by atoms with Crippen molar-refractivity contribution in [2.45, 2.75) is 26.5 Å². The zero-order valence-electron chi connectivity index (χ0n) is 15.3. The third-order valence-electron chi connectivity index (χ3n) is 3.69. The molecule has 3 rings (SSSR count). The monoisotopic (exact) mass is 362 g/mol. The molecule has 6 nitrogen and oxygen atoms in total. The van der Waals surface area contributed by atoms with E-state index in [1.165, 1.54) is 0 Å². The van der Waals surface area contributed by atoms with Crippen LogP contribution in [0.1, 0.15) is 29.9 Å². The van der Waals surface area contributed by atoms with Crippen LogP contribution in [0, 0.1) is 0 Å². The van der Waals surface area contributed by atoms with E-state index in [0.717, 1.165) is 11.3 Å². The molecule has 1 heterocycles. The Morgan fingerprint density at radius 1 is 0.963 bits per heavy atom. The number of rotatable bonds is 7. The Bertz CT molecular complexity index is 863. The van der Waals surface area contributed by atoms with Gasteiger partial charge < -0.3 is 15.4 Å². The molecule has 2 N–H and O–H groups in total. The van der Waals surface area contributed by atoms with Crippen LogP contribution in [0.25, 0.3) is 0 Å². The van der Waals surface area contributed by atoms with E-state index in [-0.39, 0.29) is 17.6 Å². The number of anilines is 2. The Morgan fingerprint density at radius 2 is 1.70 bits per heavy atom. The molecule has 0 aliphatic rings. The highest BCUT2D eigenvalue weighted by Gasteiger charge is 2.09. The fraction of sp³-hybridized carbons (Fsp3) is 0.190. The smallest absolute Gasteiger partial charge is 0.276 e. The fourth-order valence-corrected chi connectivity index (χ4v) is 2.40. The van der Waals surface area contributed by atoms with Crippen LogP contribution in [0.4, 0.5) is 11.5 Å². The van der Waals surface area contributed by atoms with E-state index in [2.05, 4.69) is 20.8 Å². The summed E-state index contributed by atoms with van der Waals surface area (Å²) in [5.74, 6) is 1.07. The zero-order valence-corrected chi connectivity index (χ0v) is 15.3. The van der Waals surface area contributed by atoms with E-state index in [9.17, 15) is 4.79 Å². The van der Waals surface area contributed by atoms with Gasteiger partial charge in [0, 0.05) is 11.7 Å². The lowest BCUT2D eigenvalue weighted by Gasteiger charge is -2.09. The minimum Gasteiger partial charge on any atom is -0.489 e. The van der Waals surface area contributed by atoms with Crippen LogP contribution in [-0.4, -0.2) is 22.1 Å². The lowest BCUT2D eigenvalue weighted by Crippen LogP contribution is -2.16. The number of carbonyl (C=O) groups is 1. The van der Waals surface area contributed by atoms with Crippen molar-refractivity contribution in [3.05, 3.63) is 78.0 Å². The maximum absolute atomic E-state index is 12.3. The molecule has 3 aromatic rings. The molecule has 0 radical (unpaired) electrons. The van der Waals surface area contributed by atoms with Crippen LogP contribution in [0.15, 0.2) is 66.7 Å². The molecule has 0 saturated heterocycles. The first-order chi connectivity index (χ1) is 13.1. The van der Waals surface area contributed by atoms with Gasteiger partial charge in [-0.25, -0.2) is 0 Å². The fourth-order valence-electron chi connectivity index (χ4n) is 2.40. The Hall–Kier alpha value is -3.41. The Balaban J connectivity index is 1.55. The lowest BCUT2D eigenvalue weighted by molar-refractivity contribution is 0.102. The molecule has 0 atom stereocenters. The summed E-state index contributed by atoms with van der Waals surface area (Å²) in [6.07, 6.45) is 0. The lowest BCUT2D eigenvalue weighted by atomic mass is 10.2. The van der Waals surface area contributed by atoms with Crippen molar-refractivity contribution in [1.29, 1.82) is 0 Å². The average Bonchev–Trinajstić information content (AvgIpc) is 2.68. The second-order valence-electron chi connectivity index (χ2n) is 6.36. The first kappa shape index (κ1) is 18.4. The van der Waals surface area contributed by atoms with Gasteiger partial charge in [0.25, 0.3) is 5.91 Å². The first-order valence-corrected chi connectivity index (χ1v) is 8.78. The van der Waals surface area contributed by atoms with Gasteiger partial charge >= 0.3 is 0 Å². The summed E-state index contributed by atoms with van der Waals surface area (Å²) in [4.78, 5) is 12.3. The van der Waals surface area contributed by atoms with Crippen LogP contribution in [0.5, 0.6) is 5.75 Å². The van der Waals surface area contributed by atoms with Crippen LogP contribution in [-0.2, 0) is 6.61 Å². The average molecular weight is 362 g/mol. The van der Waals surface area contributed by atoms with Crippen molar-refractivity contribution >= 4 is 17.4 Å². The van der Waals surface area contributed by atoms with E-state index in [1.54, 1.807) is 24.3 Å². The molecule has 0 aliphatic carbocycles. The predicted molar refractivity (Wildman–Crippen MR) is 106 cm³/mol. The van der Waals surface area contributed by atoms with Crippen LogP contribution >= 0.6 is 0 Å². The van der Waals surface area contributed by atoms with Gasteiger partial charge in [0.05, 0.1) is 0 Å². The molecule has 0 fully saturated rings. The number of benzene rings is 2. The van der Waals surface area contributed by atoms with Crippen LogP contribution < -0.4 is 15.4 Å². The van der Waals surface area contributed by atoms with Crippen molar-refractivity contribution in [2.24, 2.45) is 0 Å². The van der Waals surface area contributed by atoms with Crippen molar-refractivity contribution < 1.29 is 9.53 Å². The van der Waals surface area contributed by atoms with Crippen molar-refractivity contribution in [3.63, 3.8) is 0 Å². The Morgan fingerprint density at radius 3 is 2.33 bits per heavy atom. The van der Waals surface area contributed by atoms with E-state index in [0.29, 0.717) is 18.1 Å². The van der Waals surface area contributed by atoms with Gasteiger partial charge in [-0.2, -0.15) is 0 Å². The molecule has 0 spiro atoms. The third-order valence-corrected chi connectivity index (χ3v) is 3.69. The SMILES string of the molecule is CC(C)Nc1ccc(C(=O)Nc2ccc(OCc3ccccc3)cc2)nn1. The maximum Gasteiger partial charge on any atom is 0.276 e. The molecule has 0 unspecified atom stereocenters. The van der Waals surface area contributed by atoms with Gasteiger partial charge in [0.15, 0.2) is 5.69 Å². The summed E-state index contributed by atoms with van der Waals surface area (Å²) in [6, 6.07) is 20.8. The summed E-state index contributed by atoms with van der Waals surface area (Å²) >= 11 is 0. The highest BCUT2D eigenvalue weighted by atomic mass is 16.5. The minimum absolute atomic E-state index is 0.251. The number of nitrogens with zero attached hydrogens (tertiary/aromatic N) is 2. The van der Waals surface area contributed by atoms with E-state index >= 15 is 0 Å². The van der Waals surface area contributed by atoms with Crippen LogP contribution in [0.3, 0.4) is 0 Å². The van der Waals surface area contributed by atoms with Gasteiger partial charge in [0.1, 0.15) is 18.2 Å². The molecule has 0 bridgehead atoms. The largest absolute Gasteiger partial charge is 0.489 e. The summed E-state index contributed by atoms with van der Waals surface area (Å²) < 4.78 is 5.74. The molecule has 1 amide bonds.